The van der Waals surface area contributed by atoms with Crippen molar-refractivity contribution in [1.82, 2.24) is 0 Å². The van der Waals surface area contributed by atoms with Crippen LogP contribution in [0.25, 0.3) is 0 Å². The summed E-state index contributed by atoms with van der Waals surface area (Å²) in [7, 11) is 0. The number of rotatable bonds is 6. The average Bonchev–Trinajstić information content (AvgIpc) is 2.69. The lowest BCUT2D eigenvalue weighted by molar-refractivity contribution is -0.185. The summed E-state index contributed by atoms with van der Waals surface area (Å²) >= 11 is 0. The predicted octanol–water partition coefficient (Wildman–Crippen LogP) is 6.76. The minimum Gasteiger partial charge on any atom is -0.429 e. The summed E-state index contributed by atoms with van der Waals surface area (Å²) in [6, 6.07) is 14.2. The Morgan fingerprint density at radius 3 is 2.19 bits per heavy atom. The molecule has 27 heavy (non-hydrogen) atoms. The van der Waals surface area contributed by atoms with Crippen LogP contribution in [0.1, 0.15) is 68.1 Å². The zero-order valence-corrected chi connectivity index (χ0v) is 15.6. The molecule has 1 aliphatic rings. The molecule has 3 rings (SSSR count). The van der Waals surface area contributed by atoms with Crippen LogP contribution in [0.4, 0.5) is 8.78 Å². The first-order chi connectivity index (χ1) is 13.0. The quantitative estimate of drug-likeness (QED) is 0.563. The SMILES string of the molecule is CCCC1CCC(c2ccc(C(F)(F)Oc3ccc(C#N)cc3)cc2)CC1. The molecule has 0 radical (unpaired) electrons. The highest BCUT2D eigenvalue weighted by Gasteiger charge is 2.34. The van der Waals surface area contributed by atoms with Crippen molar-refractivity contribution < 1.29 is 13.5 Å². The molecule has 0 aliphatic heterocycles. The summed E-state index contributed by atoms with van der Waals surface area (Å²) in [5, 5.41) is 8.77. The second-order valence-corrected chi connectivity index (χ2v) is 7.38. The van der Waals surface area contributed by atoms with Crippen LogP contribution >= 0.6 is 0 Å². The van der Waals surface area contributed by atoms with Crippen molar-refractivity contribution in [3.63, 3.8) is 0 Å². The second kappa shape index (κ2) is 8.52. The van der Waals surface area contributed by atoms with E-state index in [4.69, 9.17) is 10.00 Å². The van der Waals surface area contributed by atoms with Gasteiger partial charge in [0.1, 0.15) is 5.75 Å². The first-order valence-electron chi connectivity index (χ1n) is 9.69. The number of benzene rings is 2. The molecule has 0 heterocycles. The molecule has 0 atom stereocenters. The zero-order valence-electron chi connectivity index (χ0n) is 15.6. The molecule has 2 nitrogen and oxygen atoms in total. The van der Waals surface area contributed by atoms with Gasteiger partial charge in [0.05, 0.1) is 17.2 Å². The highest BCUT2D eigenvalue weighted by atomic mass is 19.3. The van der Waals surface area contributed by atoms with Crippen LogP contribution in [-0.2, 0) is 6.11 Å². The minimum absolute atomic E-state index is 0.0392. The fraction of sp³-hybridized carbons (Fsp3) is 0.435. The number of alkyl halides is 2. The van der Waals surface area contributed by atoms with E-state index in [9.17, 15) is 8.78 Å². The first kappa shape index (κ1) is 19.4. The van der Waals surface area contributed by atoms with Crippen molar-refractivity contribution in [3.8, 4) is 11.8 Å². The van der Waals surface area contributed by atoms with E-state index in [0.29, 0.717) is 11.5 Å². The van der Waals surface area contributed by atoms with E-state index in [1.54, 1.807) is 0 Å². The van der Waals surface area contributed by atoms with Gasteiger partial charge in [0.25, 0.3) is 0 Å². The van der Waals surface area contributed by atoms with E-state index >= 15 is 0 Å². The zero-order chi connectivity index (χ0) is 19.3. The number of nitriles is 1. The summed E-state index contributed by atoms with van der Waals surface area (Å²) in [5.74, 6) is 1.34. The molecule has 0 N–H and O–H groups in total. The summed E-state index contributed by atoms with van der Waals surface area (Å²) in [4.78, 5) is 0. The number of ether oxygens (including phenoxy) is 1. The Kier molecular flexibility index (Phi) is 6.11. The summed E-state index contributed by atoms with van der Waals surface area (Å²) in [6.45, 7) is 2.23. The average molecular weight is 369 g/mol. The van der Waals surface area contributed by atoms with E-state index in [2.05, 4.69) is 6.92 Å². The lowest BCUT2D eigenvalue weighted by atomic mass is 9.77. The highest BCUT2D eigenvalue weighted by molar-refractivity contribution is 5.35. The number of hydrogen-bond donors (Lipinski definition) is 0. The fourth-order valence-electron chi connectivity index (χ4n) is 3.95. The van der Waals surface area contributed by atoms with Crippen LogP contribution < -0.4 is 4.74 Å². The third-order valence-corrected chi connectivity index (χ3v) is 5.49. The monoisotopic (exact) mass is 369 g/mol. The highest BCUT2D eigenvalue weighted by Crippen LogP contribution is 2.38. The predicted molar refractivity (Wildman–Crippen MR) is 102 cm³/mol. The molecule has 0 bridgehead atoms. The molecular formula is C23H25F2NO. The van der Waals surface area contributed by atoms with Crippen LogP contribution in [0.15, 0.2) is 48.5 Å². The van der Waals surface area contributed by atoms with Gasteiger partial charge in [-0.05, 0) is 79.5 Å². The Hall–Kier alpha value is -2.41. The molecule has 2 aromatic rings. The van der Waals surface area contributed by atoms with Gasteiger partial charge in [0.15, 0.2) is 0 Å². The van der Waals surface area contributed by atoms with Gasteiger partial charge in [-0.3, -0.25) is 0 Å². The number of hydrogen-bond acceptors (Lipinski definition) is 2. The van der Waals surface area contributed by atoms with E-state index in [0.717, 1.165) is 24.3 Å². The Morgan fingerprint density at radius 2 is 1.63 bits per heavy atom. The fourth-order valence-corrected chi connectivity index (χ4v) is 3.95. The van der Waals surface area contributed by atoms with Crippen molar-refractivity contribution in [3.05, 3.63) is 65.2 Å². The van der Waals surface area contributed by atoms with Crippen LogP contribution in [0.5, 0.6) is 5.75 Å². The van der Waals surface area contributed by atoms with E-state index < -0.39 is 6.11 Å². The van der Waals surface area contributed by atoms with Gasteiger partial charge in [0, 0.05) is 0 Å². The maximum Gasteiger partial charge on any atom is 0.426 e. The standard InChI is InChI=1S/C23H25F2NO/c1-2-3-17-4-8-19(9-5-17)20-10-12-21(13-11-20)23(24,25)27-22-14-6-18(16-26)7-15-22/h6-7,10-15,17,19H,2-5,8-9H2,1H3. The molecule has 0 amide bonds. The Bertz CT molecular complexity index is 770. The van der Waals surface area contributed by atoms with E-state index in [-0.39, 0.29) is 11.3 Å². The van der Waals surface area contributed by atoms with Crippen LogP contribution in [0.2, 0.25) is 0 Å². The molecule has 1 aliphatic carbocycles. The number of halogens is 2. The topological polar surface area (TPSA) is 33.0 Å². The van der Waals surface area contributed by atoms with Gasteiger partial charge >= 0.3 is 6.11 Å². The molecule has 1 saturated carbocycles. The molecule has 0 saturated heterocycles. The maximum absolute atomic E-state index is 14.4. The smallest absolute Gasteiger partial charge is 0.426 e. The summed E-state index contributed by atoms with van der Waals surface area (Å²) in [6.07, 6.45) is 3.87. The lowest BCUT2D eigenvalue weighted by Gasteiger charge is -2.29. The van der Waals surface area contributed by atoms with E-state index in [1.165, 1.54) is 62.1 Å². The van der Waals surface area contributed by atoms with Gasteiger partial charge < -0.3 is 4.74 Å². The summed E-state index contributed by atoms with van der Waals surface area (Å²) < 4.78 is 33.8. The number of nitrogens with zero attached hydrogens (tertiary/aromatic N) is 1. The molecule has 0 unspecified atom stereocenters. The van der Waals surface area contributed by atoms with Crippen molar-refractivity contribution in [2.75, 3.05) is 0 Å². The molecule has 1 fully saturated rings. The molecule has 142 valence electrons. The lowest BCUT2D eigenvalue weighted by Crippen LogP contribution is -2.22. The van der Waals surface area contributed by atoms with Gasteiger partial charge in [-0.25, -0.2) is 0 Å². The van der Waals surface area contributed by atoms with Gasteiger partial charge in [0.2, 0.25) is 0 Å². The third kappa shape index (κ3) is 4.86. The Labute approximate surface area is 159 Å². The largest absolute Gasteiger partial charge is 0.429 e. The van der Waals surface area contributed by atoms with Gasteiger partial charge in [-0.15, -0.1) is 0 Å². The Morgan fingerprint density at radius 1 is 1.00 bits per heavy atom. The maximum atomic E-state index is 14.4. The van der Waals surface area contributed by atoms with Crippen molar-refractivity contribution >= 4 is 0 Å². The molecule has 0 spiro atoms. The normalized spacial score (nSPS) is 20.1. The second-order valence-electron chi connectivity index (χ2n) is 7.38. The van der Waals surface area contributed by atoms with Crippen molar-refractivity contribution in [2.24, 2.45) is 5.92 Å². The van der Waals surface area contributed by atoms with Crippen LogP contribution in [-0.4, -0.2) is 0 Å². The van der Waals surface area contributed by atoms with Gasteiger partial charge in [-0.1, -0.05) is 31.9 Å². The Balaban J connectivity index is 1.64. The van der Waals surface area contributed by atoms with Crippen LogP contribution in [0, 0.1) is 17.2 Å². The van der Waals surface area contributed by atoms with Gasteiger partial charge in [-0.2, -0.15) is 14.0 Å². The molecule has 4 heteroatoms. The molecular weight excluding hydrogens is 344 g/mol. The van der Waals surface area contributed by atoms with E-state index in [1.807, 2.05) is 18.2 Å². The summed E-state index contributed by atoms with van der Waals surface area (Å²) in [5.41, 5.74) is 1.39. The minimum atomic E-state index is -3.41. The third-order valence-electron chi connectivity index (χ3n) is 5.49. The van der Waals surface area contributed by atoms with Crippen LogP contribution in [0.3, 0.4) is 0 Å². The van der Waals surface area contributed by atoms with Crippen molar-refractivity contribution in [1.29, 1.82) is 5.26 Å². The first-order valence-corrected chi connectivity index (χ1v) is 9.69. The molecule has 2 aromatic carbocycles. The van der Waals surface area contributed by atoms with Crippen molar-refractivity contribution in [2.45, 2.75) is 57.5 Å². The molecule has 0 aromatic heterocycles.